The molecule has 1 aromatic carbocycles. The molecule has 1 fully saturated rings. The summed E-state index contributed by atoms with van der Waals surface area (Å²) in [6.45, 7) is 3.65. The summed E-state index contributed by atoms with van der Waals surface area (Å²) in [4.78, 5) is 21.8. The van der Waals surface area contributed by atoms with Crippen LogP contribution < -0.4 is 14.8 Å². The third kappa shape index (κ3) is 4.94. The fourth-order valence-corrected chi connectivity index (χ4v) is 4.99. The second-order valence-electron chi connectivity index (χ2n) is 7.87. The van der Waals surface area contributed by atoms with Gasteiger partial charge in [0.1, 0.15) is 16.7 Å². The van der Waals surface area contributed by atoms with E-state index in [4.69, 9.17) is 4.74 Å². The number of pyridine rings is 1. The SMILES string of the molecule is COc1ccnc(-c2ccc(NC(=O)C(C)(C)c3csc(NS(=O)C4CC4)n3)cc2)c1. The van der Waals surface area contributed by atoms with E-state index in [0.717, 1.165) is 29.8 Å². The molecule has 1 unspecified atom stereocenters. The number of benzene rings is 1. The first-order chi connectivity index (χ1) is 14.9. The van der Waals surface area contributed by atoms with Crippen molar-refractivity contribution >= 4 is 39.0 Å². The molecule has 7 nitrogen and oxygen atoms in total. The Morgan fingerprint density at radius 2 is 1.97 bits per heavy atom. The number of hydrogen-bond donors (Lipinski definition) is 2. The lowest BCUT2D eigenvalue weighted by atomic mass is 9.89. The van der Waals surface area contributed by atoms with Crippen molar-refractivity contribution in [2.24, 2.45) is 0 Å². The first kappa shape index (κ1) is 21.5. The third-order valence-corrected chi connectivity index (χ3v) is 7.49. The molecular weight excluding hydrogens is 432 g/mol. The van der Waals surface area contributed by atoms with Gasteiger partial charge in [-0.15, -0.1) is 11.3 Å². The minimum absolute atomic E-state index is 0.167. The Labute approximate surface area is 187 Å². The Kier molecular flexibility index (Phi) is 6.06. The fourth-order valence-electron chi connectivity index (χ4n) is 2.88. The van der Waals surface area contributed by atoms with Gasteiger partial charge in [0.05, 0.1) is 29.2 Å². The molecule has 2 heterocycles. The summed E-state index contributed by atoms with van der Waals surface area (Å²) >= 11 is 1.36. The van der Waals surface area contributed by atoms with Crippen molar-refractivity contribution in [3.05, 3.63) is 53.7 Å². The Morgan fingerprint density at radius 3 is 2.65 bits per heavy atom. The number of carbonyl (C=O) groups excluding carboxylic acids is 1. The third-order valence-electron chi connectivity index (χ3n) is 5.13. The summed E-state index contributed by atoms with van der Waals surface area (Å²) in [5.41, 5.74) is 2.21. The smallest absolute Gasteiger partial charge is 0.236 e. The van der Waals surface area contributed by atoms with E-state index in [1.54, 1.807) is 19.4 Å². The van der Waals surface area contributed by atoms with E-state index < -0.39 is 16.4 Å². The average molecular weight is 457 g/mol. The minimum Gasteiger partial charge on any atom is -0.497 e. The molecule has 0 bridgehead atoms. The molecule has 31 heavy (non-hydrogen) atoms. The molecule has 2 N–H and O–H groups in total. The van der Waals surface area contributed by atoms with Crippen LogP contribution in [-0.2, 0) is 21.2 Å². The van der Waals surface area contributed by atoms with Crippen molar-refractivity contribution in [1.82, 2.24) is 9.97 Å². The first-order valence-electron chi connectivity index (χ1n) is 9.92. The van der Waals surface area contributed by atoms with Crippen LogP contribution in [0.25, 0.3) is 11.3 Å². The predicted octanol–water partition coefficient (Wildman–Crippen LogP) is 4.37. The summed E-state index contributed by atoms with van der Waals surface area (Å²) in [7, 11) is 0.515. The average Bonchev–Trinajstić information content (AvgIpc) is 3.53. The number of amides is 1. The number of rotatable bonds is 8. The van der Waals surface area contributed by atoms with Crippen LogP contribution in [0.2, 0.25) is 0 Å². The molecule has 0 aliphatic heterocycles. The molecule has 1 amide bonds. The highest BCUT2D eigenvalue weighted by molar-refractivity contribution is 7.87. The number of carbonyl (C=O) groups is 1. The van der Waals surface area contributed by atoms with Gasteiger partial charge >= 0.3 is 0 Å². The van der Waals surface area contributed by atoms with Crippen molar-refractivity contribution in [2.45, 2.75) is 37.4 Å². The van der Waals surface area contributed by atoms with Crippen molar-refractivity contribution in [3.8, 4) is 17.0 Å². The summed E-state index contributed by atoms with van der Waals surface area (Å²) in [6.07, 6.45) is 3.67. The fraction of sp³-hybridized carbons (Fsp3) is 0.318. The predicted molar refractivity (Wildman–Crippen MR) is 125 cm³/mol. The molecule has 4 rings (SSSR count). The van der Waals surface area contributed by atoms with E-state index in [1.807, 2.05) is 49.6 Å². The number of thiazole rings is 1. The maximum atomic E-state index is 13.0. The van der Waals surface area contributed by atoms with Gasteiger partial charge in [0.2, 0.25) is 5.91 Å². The van der Waals surface area contributed by atoms with Gasteiger partial charge in [-0.05, 0) is 44.9 Å². The van der Waals surface area contributed by atoms with Gasteiger partial charge in [0, 0.05) is 28.9 Å². The maximum absolute atomic E-state index is 13.0. The lowest BCUT2D eigenvalue weighted by molar-refractivity contribution is -0.120. The zero-order valence-electron chi connectivity index (χ0n) is 17.5. The molecule has 1 aliphatic rings. The molecule has 1 aliphatic carbocycles. The van der Waals surface area contributed by atoms with Crippen molar-refractivity contribution < 1.29 is 13.7 Å². The molecule has 1 saturated carbocycles. The highest BCUT2D eigenvalue weighted by Crippen LogP contribution is 2.31. The minimum atomic E-state index is -1.10. The molecule has 0 radical (unpaired) electrons. The summed E-state index contributed by atoms with van der Waals surface area (Å²) in [5.74, 6) is 0.571. The summed E-state index contributed by atoms with van der Waals surface area (Å²) in [5, 5.41) is 5.60. The molecule has 2 aromatic heterocycles. The topological polar surface area (TPSA) is 93.2 Å². The molecule has 3 aromatic rings. The van der Waals surface area contributed by atoms with Gasteiger partial charge in [-0.3, -0.25) is 14.5 Å². The van der Waals surface area contributed by atoms with E-state index in [2.05, 4.69) is 20.0 Å². The van der Waals surface area contributed by atoms with Crippen LogP contribution in [0.15, 0.2) is 48.0 Å². The van der Waals surface area contributed by atoms with Gasteiger partial charge in [0.25, 0.3) is 0 Å². The highest BCUT2D eigenvalue weighted by atomic mass is 32.2. The van der Waals surface area contributed by atoms with Crippen LogP contribution in [0, 0.1) is 0 Å². The Balaban J connectivity index is 1.43. The van der Waals surface area contributed by atoms with Crippen LogP contribution >= 0.6 is 11.3 Å². The quantitative estimate of drug-likeness (QED) is 0.525. The zero-order chi connectivity index (χ0) is 22.0. The van der Waals surface area contributed by atoms with Crippen LogP contribution in [0.1, 0.15) is 32.4 Å². The largest absolute Gasteiger partial charge is 0.497 e. The summed E-state index contributed by atoms with van der Waals surface area (Å²) < 4.78 is 20.2. The second kappa shape index (κ2) is 8.76. The van der Waals surface area contributed by atoms with E-state index in [-0.39, 0.29) is 11.2 Å². The van der Waals surface area contributed by atoms with Crippen molar-refractivity contribution in [3.63, 3.8) is 0 Å². The highest BCUT2D eigenvalue weighted by Gasteiger charge is 2.33. The number of nitrogens with one attached hydrogen (secondary N) is 2. The lowest BCUT2D eigenvalue weighted by Gasteiger charge is -2.21. The number of aromatic nitrogens is 2. The Bertz CT molecular complexity index is 1110. The van der Waals surface area contributed by atoms with E-state index in [1.165, 1.54) is 11.3 Å². The number of hydrogen-bond acceptors (Lipinski definition) is 6. The van der Waals surface area contributed by atoms with Gasteiger partial charge < -0.3 is 10.1 Å². The van der Waals surface area contributed by atoms with Crippen LogP contribution in [0.3, 0.4) is 0 Å². The van der Waals surface area contributed by atoms with Gasteiger partial charge in [-0.2, -0.15) is 0 Å². The van der Waals surface area contributed by atoms with Gasteiger partial charge in [0.15, 0.2) is 5.13 Å². The molecule has 0 saturated heterocycles. The van der Waals surface area contributed by atoms with Crippen molar-refractivity contribution in [1.29, 1.82) is 0 Å². The first-order valence-corrected chi connectivity index (χ1v) is 12.0. The van der Waals surface area contributed by atoms with Crippen LogP contribution in [-0.4, -0.2) is 32.4 Å². The van der Waals surface area contributed by atoms with Gasteiger partial charge in [-0.25, -0.2) is 9.19 Å². The number of ether oxygens (including phenoxy) is 1. The zero-order valence-corrected chi connectivity index (χ0v) is 19.2. The number of anilines is 2. The molecule has 162 valence electrons. The van der Waals surface area contributed by atoms with Crippen LogP contribution in [0.4, 0.5) is 10.8 Å². The number of nitrogens with zero attached hydrogens (tertiary/aromatic N) is 2. The second-order valence-corrected chi connectivity index (χ2v) is 10.2. The maximum Gasteiger partial charge on any atom is 0.236 e. The standard InChI is InChI=1S/C22H24N4O3S2/c1-22(2,19-13-30-21(25-19)26-31(28)17-8-9-17)20(27)24-15-6-4-14(5-7-15)18-12-16(29-3)10-11-23-18/h4-7,10-13,17H,8-9H2,1-3H3,(H,24,27)(H,25,26). The molecule has 0 spiro atoms. The van der Waals surface area contributed by atoms with E-state index >= 15 is 0 Å². The summed E-state index contributed by atoms with van der Waals surface area (Å²) in [6, 6.07) is 11.2. The lowest BCUT2D eigenvalue weighted by Crippen LogP contribution is -2.35. The number of methoxy groups -OCH3 is 1. The molecule has 1 atom stereocenters. The van der Waals surface area contributed by atoms with E-state index in [0.29, 0.717) is 16.5 Å². The van der Waals surface area contributed by atoms with Gasteiger partial charge in [-0.1, -0.05) is 12.1 Å². The molecular formula is C22H24N4O3S2. The van der Waals surface area contributed by atoms with Crippen molar-refractivity contribution in [2.75, 3.05) is 17.1 Å². The Hall–Kier alpha value is -2.78. The normalized spacial score (nSPS) is 14.7. The van der Waals surface area contributed by atoms with E-state index in [9.17, 15) is 9.00 Å². The Morgan fingerprint density at radius 1 is 1.23 bits per heavy atom. The molecule has 9 heteroatoms. The monoisotopic (exact) mass is 456 g/mol. The van der Waals surface area contributed by atoms with Crippen LogP contribution in [0.5, 0.6) is 5.75 Å².